The van der Waals surface area contributed by atoms with Crippen molar-refractivity contribution in [1.29, 1.82) is 0 Å². The predicted octanol–water partition coefficient (Wildman–Crippen LogP) is 1.70. The van der Waals surface area contributed by atoms with Crippen LogP contribution in [-0.2, 0) is 29.5 Å². The number of rotatable bonds is 4. The molecule has 2 aromatic heterocycles. The zero-order valence-electron chi connectivity index (χ0n) is 12.3. The van der Waals surface area contributed by atoms with Crippen LogP contribution in [0, 0.1) is 0 Å². The number of fused-ring (bicyclic) bond motifs is 2. The molecule has 23 heavy (non-hydrogen) atoms. The average molecular weight is 349 g/mol. The van der Waals surface area contributed by atoms with E-state index in [0.29, 0.717) is 11.0 Å². The Morgan fingerprint density at radius 2 is 2.17 bits per heavy atom. The minimum atomic E-state index is -3.64. The zero-order valence-corrected chi connectivity index (χ0v) is 13.9. The van der Waals surface area contributed by atoms with Gasteiger partial charge in [-0.25, -0.2) is 13.1 Å². The van der Waals surface area contributed by atoms with Crippen molar-refractivity contribution >= 4 is 32.8 Å². The van der Waals surface area contributed by atoms with Crippen molar-refractivity contribution in [3.05, 3.63) is 35.7 Å². The zero-order chi connectivity index (χ0) is 15.9. The molecule has 7 nitrogen and oxygen atoms in total. The summed E-state index contributed by atoms with van der Waals surface area (Å²) in [6, 6.07) is 4.99. The Bertz CT molecular complexity index is 961. The maximum Gasteiger partial charge on any atom is 0.243 e. The van der Waals surface area contributed by atoms with Gasteiger partial charge in [0.1, 0.15) is 15.9 Å². The van der Waals surface area contributed by atoms with Crippen molar-refractivity contribution in [1.82, 2.24) is 23.2 Å². The second-order valence-corrected chi connectivity index (χ2v) is 7.77. The minimum absolute atomic E-state index is 0.171. The molecule has 0 radical (unpaired) electrons. The van der Waals surface area contributed by atoms with E-state index in [1.54, 1.807) is 24.4 Å². The van der Waals surface area contributed by atoms with Crippen LogP contribution in [0.5, 0.6) is 0 Å². The summed E-state index contributed by atoms with van der Waals surface area (Å²) in [5.74, 6) is 0. The number of nitrogens with zero attached hydrogens (tertiary/aromatic N) is 4. The standard InChI is InChI=1S/C14H15N5O2S2/c20-23(21,13-6-3-4-11-14(13)18-22-17-11)16-9-10-8-15-19-7-2-1-5-12(10)19/h3-4,6,8,16H,1-2,5,7,9H2. The van der Waals surface area contributed by atoms with E-state index in [9.17, 15) is 8.42 Å². The van der Waals surface area contributed by atoms with Crippen LogP contribution in [0.3, 0.4) is 0 Å². The second kappa shape index (κ2) is 5.66. The predicted molar refractivity (Wildman–Crippen MR) is 86.6 cm³/mol. The fourth-order valence-corrected chi connectivity index (χ4v) is 4.65. The molecule has 0 bridgehead atoms. The second-order valence-electron chi connectivity index (χ2n) is 5.51. The lowest BCUT2D eigenvalue weighted by Crippen LogP contribution is -2.24. The van der Waals surface area contributed by atoms with Crippen LogP contribution in [0.2, 0.25) is 0 Å². The highest BCUT2D eigenvalue weighted by Gasteiger charge is 2.21. The molecule has 0 amide bonds. The van der Waals surface area contributed by atoms with Crippen molar-refractivity contribution in [2.45, 2.75) is 37.2 Å². The summed E-state index contributed by atoms with van der Waals surface area (Å²) >= 11 is 1.01. The Morgan fingerprint density at radius 3 is 3.09 bits per heavy atom. The summed E-state index contributed by atoms with van der Waals surface area (Å²) < 4.78 is 38.0. The molecule has 4 rings (SSSR count). The van der Waals surface area contributed by atoms with Gasteiger partial charge in [0, 0.05) is 24.3 Å². The van der Waals surface area contributed by atoms with Gasteiger partial charge in [0.05, 0.1) is 17.9 Å². The molecule has 120 valence electrons. The van der Waals surface area contributed by atoms with Crippen LogP contribution in [0.15, 0.2) is 29.3 Å². The van der Waals surface area contributed by atoms with Gasteiger partial charge < -0.3 is 0 Å². The van der Waals surface area contributed by atoms with Crippen LogP contribution in [0.25, 0.3) is 11.0 Å². The number of sulfonamides is 1. The van der Waals surface area contributed by atoms with Crippen molar-refractivity contribution in [3.8, 4) is 0 Å². The molecule has 0 fully saturated rings. The molecule has 3 heterocycles. The van der Waals surface area contributed by atoms with E-state index in [4.69, 9.17) is 0 Å². The molecule has 0 unspecified atom stereocenters. The maximum atomic E-state index is 12.6. The van der Waals surface area contributed by atoms with Gasteiger partial charge in [-0.3, -0.25) is 4.68 Å². The third-order valence-corrected chi connectivity index (χ3v) is 6.04. The first kappa shape index (κ1) is 14.7. The Balaban J connectivity index is 1.61. The molecule has 0 saturated carbocycles. The SMILES string of the molecule is O=S(=O)(NCc1cnn2c1CCCC2)c1cccc2nsnc12. The Labute approximate surface area is 137 Å². The van der Waals surface area contributed by atoms with Gasteiger partial charge in [-0.2, -0.15) is 13.8 Å². The summed E-state index contributed by atoms with van der Waals surface area (Å²) in [6.07, 6.45) is 4.95. The topological polar surface area (TPSA) is 89.8 Å². The van der Waals surface area contributed by atoms with E-state index in [1.807, 2.05) is 4.68 Å². The Morgan fingerprint density at radius 1 is 1.26 bits per heavy atom. The highest BCUT2D eigenvalue weighted by Crippen LogP contribution is 2.22. The average Bonchev–Trinajstić information content (AvgIpc) is 3.19. The van der Waals surface area contributed by atoms with E-state index in [1.165, 1.54) is 0 Å². The van der Waals surface area contributed by atoms with Crippen molar-refractivity contribution in [2.24, 2.45) is 0 Å². The molecule has 0 atom stereocenters. The van der Waals surface area contributed by atoms with E-state index < -0.39 is 10.0 Å². The summed E-state index contributed by atoms with van der Waals surface area (Å²) in [7, 11) is -3.64. The van der Waals surface area contributed by atoms with Crippen LogP contribution in [0.4, 0.5) is 0 Å². The van der Waals surface area contributed by atoms with Crippen molar-refractivity contribution < 1.29 is 8.42 Å². The maximum absolute atomic E-state index is 12.6. The lowest BCUT2D eigenvalue weighted by Gasteiger charge is -2.15. The molecule has 1 aliphatic rings. The minimum Gasteiger partial charge on any atom is -0.269 e. The monoisotopic (exact) mass is 349 g/mol. The Kier molecular flexibility index (Phi) is 3.63. The van der Waals surface area contributed by atoms with Crippen LogP contribution >= 0.6 is 11.7 Å². The van der Waals surface area contributed by atoms with Crippen LogP contribution in [-0.4, -0.2) is 26.9 Å². The van der Waals surface area contributed by atoms with Crippen molar-refractivity contribution in [2.75, 3.05) is 0 Å². The first-order valence-corrected chi connectivity index (χ1v) is 9.61. The molecule has 0 saturated heterocycles. The highest BCUT2D eigenvalue weighted by molar-refractivity contribution is 7.89. The summed E-state index contributed by atoms with van der Waals surface area (Å²) in [4.78, 5) is 0.171. The van der Waals surface area contributed by atoms with Gasteiger partial charge in [0.25, 0.3) is 0 Å². The lowest BCUT2D eigenvalue weighted by atomic mass is 10.1. The molecular weight excluding hydrogens is 334 g/mol. The molecule has 0 aliphatic carbocycles. The first-order valence-electron chi connectivity index (χ1n) is 7.40. The van der Waals surface area contributed by atoms with Gasteiger partial charge in [0.2, 0.25) is 10.0 Å². The molecule has 1 N–H and O–H groups in total. The van der Waals surface area contributed by atoms with E-state index in [2.05, 4.69) is 18.6 Å². The van der Waals surface area contributed by atoms with Gasteiger partial charge >= 0.3 is 0 Å². The summed E-state index contributed by atoms with van der Waals surface area (Å²) in [6.45, 7) is 1.15. The van der Waals surface area contributed by atoms with Gasteiger partial charge in [-0.1, -0.05) is 6.07 Å². The fourth-order valence-electron chi connectivity index (χ4n) is 2.88. The van der Waals surface area contributed by atoms with E-state index in [-0.39, 0.29) is 11.4 Å². The van der Waals surface area contributed by atoms with Crippen LogP contribution in [0.1, 0.15) is 24.1 Å². The quantitative estimate of drug-likeness (QED) is 0.774. The smallest absolute Gasteiger partial charge is 0.243 e. The number of hydrogen-bond acceptors (Lipinski definition) is 6. The normalized spacial score (nSPS) is 15.0. The highest BCUT2D eigenvalue weighted by atomic mass is 32.2. The number of hydrogen-bond donors (Lipinski definition) is 1. The third-order valence-electron chi connectivity index (χ3n) is 4.06. The molecular formula is C14H15N5O2S2. The van der Waals surface area contributed by atoms with Gasteiger partial charge in [0.15, 0.2) is 0 Å². The molecule has 1 aliphatic heterocycles. The largest absolute Gasteiger partial charge is 0.269 e. The third kappa shape index (κ3) is 2.64. The molecule has 3 aromatic rings. The number of benzene rings is 1. The van der Waals surface area contributed by atoms with E-state index >= 15 is 0 Å². The Hall–Kier alpha value is -1.84. The fraction of sp³-hybridized carbons (Fsp3) is 0.357. The molecule has 9 heteroatoms. The summed E-state index contributed by atoms with van der Waals surface area (Å²) in [5.41, 5.74) is 3.09. The van der Waals surface area contributed by atoms with Crippen LogP contribution < -0.4 is 4.72 Å². The number of nitrogens with one attached hydrogen (secondary N) is 1. The van der Waals surface area contributed by atoms with Crippen molar-refractivity contribution in [3.63, 3.8) is 0 Å². The lowest BCUT2D eigenvalue weighted by molar-refractivity contribution is 0.484. The van der Waals surface area contributed by atoms with Gasteiger partial charge in [-0.05, 0) is 31.4 Å². The summed E-state index contributed by atoms with van der Waals surface area (Å²) in [5, 5.41) is 4.33. The number of aryl methyl sites for hydroxylation is 1. The van der Waals surface area contributed by atoms with Gasteiger partial charge in [-0.15, -0.1) is 0 Å². The number of aromatic nitrogens is 4. The molecule has 1 aromatic carbocycles. The van der Waals surface area contributed by atoms with E-state index in [0.717, 1.165) is 48.8 Å². The first-order chi connectivity index (χ1) is 11.1. The molecule has 0 spiro atoms.